The first-order valence-electron chi connectivity index (χ1n) is 10.4. The third-order valence-corrected chi connectivity index (χ3v) is 7.40. The van der Waals surface area contributed by atoms with Crippen molar-refractivity contribution in [3.8, 4) is 0 Å². The van der Waals surface area contributed by atoms with Crippen molar-refractivity contribution in [3.63, 3.8) is 0 Å². The van der Waals surface area contributed by atoms with Crippen LogP contribution in [0.3, 0.4) is 0 Å². The average Bonchev–Trinajstić information content (AvgIpc) is 2.77. The van der Waals surface area contributed by atoms with E-state index in [2.05, 4.69) is 19.2 Å². The monoisotopic (exact) mass is 443 g/mol. The minimum Gasteiger partial charge on any atom is -0.343 e. The number of nitrogens with one attached hydrogen (secondary N) is 1. The second-order valence-corrected chi connectivity index (χ2v) is 10.00. The number of piperazine rings is 1. The minimum absolute atomic E-state index is 0.115. The van der Waals surface area contributed by atoms with Crippen molar-refractivity contribution >= 4 is 21.8 Å². The largest absolute Gasteiger partial charge is 0.343 e. The van der Waals surface area contributed by atoms with E-state index in [1.165, 1.54) is 4.31 Å². The molecule has 3 rings (SSSR count). The standard InChI is InChI=1S/C23H29N3O4S/c1-17(2)19-8-10-21(11-9-19)31(29,30)26-14-12-25(13-15-26)22(27)16-24-23(28)20-6-4-18(3)5-7-20/h4-11,17H,12-16H2,1-3H3,(H,24,28). The Hall–Kier alpha value is -2.71. The summed E-state index contributed by atoms with van der Waals surface area (Å²) in [7, 11) is -3.59. The van der Waals surface area contributed by atoms with Gasteiger partial charge in [-0.3, -0.25) is 9.59 Å². The lowest BCUT2D eigenvalue weighted by Gasteiger charge is -2.34. The predicted octanol–water partition coefficient (Wildman–Crippen LogP) is 2.38. The second kappa shape index (κ2) is 9.62. The smallest absolute Gasteiger partial charge is 0.251 e. The summed E-state index contributed by atoms with van der Waals surface area (Å²) in [6.45, 7) is 6.98. The van der Waals surface area contributed by atoms with Crippen LogP contribution in [-0.4, -0.2) is 62.2 Å². The highest BCUT2D eigenvalue weighted by molar-refractivity contribution is 7.89. The number of benzene rings is 2. The van der Waals surface area contributed by atoms with Crippen molar-refractivity contribution < 1.29 is 18.0 Å². The molecular formula is C23H29N3O4S. The Balaban J connectivity index is 1.52. The Labute approximate surface area is 184 Å². The van der Waals surface area contributed by atoms with Crippen molar-refractivity contribution in [2.75, 3.05) is 32.7 Å². The molecule has 2 aromatic rings. The van der Waals surface area contributed by atoms with Crippen LogP contribution >= 0.6 is 0 Å². The summed E-state index contributed by atoms with van der Waals surface area (Å²) in [5, 5.41) is 2.64. The van der Waals surface area contributed by atoms with Gasteiger partial charge in [-0.15, -0.1) is 0 Å². The summed E-state index contributed by atoms with van der Waals surface area (Å²) >= 11 is 0. The van der Waals surface area contributed by atoms with Crippen LogP contribution in [0.25, 0.3) is 0 Å². The Morgan fingerprint density at radius 3 is 2.06 bits per heavy atom. The molecule has 1 heterocycles. The molecule has 0 radical (unpaired) electrons. The molecular weight excluding hydrogens is 414 g/mol. The van der Waals surface area contributed by atoms with Gasteiger partial charge < -0.3 is 10.2 Å². The molecule has 0 saturated carbocycles. The summed E-state index contributed by atoms with van der Waals surface area (Å²) in [5.41, 5.74) is 2.64. The lowest BCUT2D eigenvalue weighted by atomic mass is 10.0. The maximum Gasteiger partial charge on any atom is 0.251 e. The first-order valence-corrected chi connectivity index (χ1v) is 11.9. The van der Waals surface area contributed by atoms with Gasteiger partial charge in [0.25, 0.3) is 5.91 Å². The zero-order valence-electron chi connectivity index (χ0n) is 18.2. The Morgan fingerprint density at radius 1 is 0.935 bits per heavy atom. The highest BCUT2D eigenvalue weighted by Crippen LogP contribution is 2.21. The van der Waals surface area contributed by atoms with E-state index in [9.17, 15) is 18.0 Å². The second-order valence-electron chi connectivity index (χ2n) is 8.06. The molecule has 0 unspecified atom stereocenters. The van der Waals surface area contributed by atoms with Crippen LogP contribution in [0.1, 0.15) is 41.3 Å². The van der Waals surface area contributed by atoms with Gasteiger partial charge in [0.2, 0.25) is 15.9 Å². The van der Waals surface area contributed by atoms with Crippen molar-refractivity contribution in [2.24, 2.45) is 0 Å². The number of hydrogen-bond acceptors (Lipinski definition) is 4. The van der Waals surface area contributed by atoms with Gasteiger partial charge >= 0.3 is 0 Å². The molecule has 8 heteroatoms. The lowest BCUT2D eigenvalue weighted by molar-refractivity contribution is -0.131. The van der Waals surface area contributed by atoms with Gasteiger partial charge in [-0.25, -0.2) is 8.42 Å². The highest BCUT2D eigenvalue weighted by atomic mass is 32.2. The molecule has 1 saturated heterocycles. The molecule has 0 spiro atoms. The summed E-state index contributed by atoms with van der Waals surface area (Å²) in [6.07, 6.45) is 0. The SMILES string of the molecule is Cc1ccc(C(=O)NCC(=O)N2CCN(S(=O)(=O)c3ccc(C(C)C)cc3)CC2)cc1. The van der Waals surface area contributed by atoms with Crippen LogP contribution < -0.4 is 5.32 Å². The van der Waals surface area contributed by atoms with E-state index in [0.717, 1.165) is 11.1 Å². The van der Waals surface area contributed by atoms with E-state index in [4.69, 9.17) is 0 Å². The van der Waals surface area contributed by atoms with Crippen LogP contribution in [0.5, 0.6) is 0 Å². The zero-order chi connectivity index (χ0) is 22.6. The third-order valence-electron chi connectivity index (χ3n) is 5.49. The number of aryl methyl sites for hydroxylation is 1. The van der Waals surface area contributed by atoms with Crippen LogP contribution in [0.4, 0.5) is 0 Å². The molecule has 0 bridgehead atoms. The number of rotatable bonds is 6. The van der Waals surface area contributed by atoms with Gasteiger partial charge in [-0.05, 0) is 42.7 Å². The van der Waals surface area contributed by atoms with Crippen LogP contribution in [0, 0.1) is 6.92 Å². The van der Waals surface area contributed by atoms with Gasteiger partial charge in [0.05, 0.1) is 11.4 Å². The molecule has 2 aromatic carbocycles. The molecule has 7 nitrogen and oxygen atoms in total. The number of nitrogens with zero attached hydrogens (tertiary/aromatic N) is 2. The van der Waals surface area contributed by atoms with E-state index in [0.29, 0.717) is 24.6 Å². The van der Waals surface area contributed by atoms with E-state index in [-0.39, 0.29) is 36.3 Å². The molecule has 1 aliphatic rings. The van der Waals surface area contributed by atoms with Gasteiger partial charge in [0.1, 0.15) is 0 Å². The molecule has 166 valence electrons. The molecule has 1 fully saturated rings. The molecule has 0 aromatic heterocycles. The maximum absolute atomic E-state index is 12.9. The molecule has 2 amide bonds. The van der Waals surface area contributed by atoms with E-state index >= 15 is 0 Å². The number of hydrogen-bond donors (Lipinski definition) is 1. The number of amides is 2. The van der Waals surface area contributed by atoms with E-state index in [1.807, 2.05) is 31.2 Å². The van der Waals surface area contributed by atoms with Crippen LogP contribution in [0.15, 0.2) is 53.4 Å². The van der Waals surface area contributed by atoms with E-state index in [1.54, 1.807) is 29.2 Å². The van der Waals surface area contributed by atoms with E-state index < -0.39 is 10.0 Å². The third kappa shape index (κ3) is 5.51. The van der Waals surface area contributed by atoms with Crippen molar-refractivity contribution in [1.82, 2.24) is 14.5 Å². The van der Waals surface area contributed by atoms with Gasteiger partial charge in [-0.2, -0.15) is 4.31 Å². The predicted molar refractivity (Wildman–Crippen MR) is 119 cm³/mol. The topological polar surface area (TPSA) is 86.8 Å². The average molecular weight is 444 g/mol. The lowest BCUT2D eigenvalue weighted by Crippen LogP contribution is -2.52. The van der Waals surface area contributed by atoms with Crippen molar-refractivity contribution in [2.45, 2.75) is 31.6 Å². The summed E-state index contributed by atoms with van der Waals surface area (Å²) in [6, 6.07) is 14.1. The number of carbonyl (C=O) groups is 2. The fourth-order valence-corrected chi connectivity index (χ4v) is 4.85. The highest BCUT2D eigenvalue weighted by Gasteiger charge is 2.30. The molecule has 1 aliphatic heterocycles. The van der Waals surface area contributed by atoms with Crippen molar-refractivity contribution in [3.05, 3.63) is 65.2 Å². The molecule has 31 heavy (non-hydrogen) atoms. The first kappa shape index (κ1) is 23.0. The summed E-state index contributed by atoms with van der Waals surface area (Å²) in [4.78, 5) is 26.5. The summed E-state index contributed by atoms with van der Waals surface area (Å²) in [5.74, 6) is -0.198. The first-order chi connectivity index (χ1) is 14.7. The minimum atomic E-state index is -3.59. The quantitative estimate of drug-likeness (QED) is 0.743. The molecule has 1 N–H and O–H groups in total. The number of carbonyl (C=O) groups excluding carboxylic acids is 2. The fraction of sp³-hybridized carbons (Fsp3) is 0.391. The summed E-state index contributed by atoms with van der Waals surface area (Å²) < 4.78 is 27.2. The van der Waals surface area contributed by atoms with Gasteiger partial charge in [0, 0.05) is 31.7 Å². The van der Waals surface area contributed by atoms with Crippen LogP contribution in [-0.2, 0) is 14.8 Å². The fourth-order valence-electron chi connectivity index (χ4n) is 3.43. The van der Waals surface area contributed by atoms with Gasteiger partial charge in [0.15, 0.2) is 0 Å². The molecule has 0 aliphatic carbocycles. The maximum atomic E-state index is 12.9. The van der Waals surface area contributed by atoms with Crippen LogP contribution in [0.2, 0.25) is 0 Å². The Morgan fingerprint density at radius 2 is 1.52 bits per heavy atom. The molecule has 0 atom stereocenters. The zero-order valence-corrected chi connectivity index (χ0v) is 19.0. The Kier molecular flexibility index (Phi) is 7.12. The normalized spacial score (nSPS) is 15.2. The van der Waals surface area contributed by atoms with Gasteiger partial charge in [-0.1, -0.05) is 43.7 Å². The van der Waals surface area contributed by atoms with Crippen molar-refractivity contribution in [1.29, 1.82) is 0 Å². The Bertz CT molecular complexity index is 1020. The number of sulfonamides is 1.